The molecule has 0 radical (unpaired) electrons. The molecule has 2 aromatic carbocycles. The Morgan fingerprint density at radius 1 is 1.00 bits per heavy atom. The van der Waals surface area contributed by atoms with Crippen molar-refractivity contribution in [3.05, 3.63) is 65.2 Å². The molecule has 1 aliphatic heterocycles. The Kier molecular flexibility index (Phi) is 7.77. The molecule has 158 valence electrons. The Morgan fingerprint density at radius 2 is 1.76 bits per heavy atom. The van der Waals surface area contributed by atoms with Crippen molar-refractivity contribution in [3.8, 4) is 5.75 Å². The highest BCUT2D eigenvalue weighted by molar-refractivity contribution is 5.38. The molecule has 3 atom stereocenters. The van der Waals surface area contributed by atoms with E-state index >= 15 is 0 Å². The van der Waals surface area contributed by atoms with Crippen molar-refractivity contribution in [1.29, 1.82) is 0 Å². The number of rotatable bonds is 8. The second-order valence-corrected chi connectivity index (χ2v) is 9.43. The van der Waals surface area contributed by atoms with Gasteiger partial charge in [-0.25, -0.2) is 0 Å². The van der Waals surface area contributed by atoms with E-state index in [1.807, 2.05) is 0 Å². The third-order valence-corrected chi connectivity index (χ3v) is 6.03. The van der Waals surface area contributed by atoms with Crippen LogP contribution in [-0.4, -0.2) is 12.4 Å². The van der Waals surface area contributed by atoms with Gasteiger partial charge in [-0.05, 0) is 73.1 Å². The first-order valence-corrected chi connectivity index (χ1v) is 11.4. The minimum absolute atomic E-state index is 0.140. The second-order valence-electron chi connectivity index (χ2n) is 9.43. The van der Waals surface area contributed by atoms with Crippen molar-refractivity contribution >= 4 is 0 Å². The molecule has 0 saturated carbocycles. The molecule has 0 amide bonds. The molecule has 29 heavy (non-hydrogen) atoms. The van der Waals surface area contributed by atoms with E-state index in [2.05, 4.69) is 83.1 Å². The summed E-state index contributed by atoms with van der Waals surface area (Å²) < 4.78 is 12.6. The molecule has 0 bridgehead atoms. The van der Waals surface area contributed by atoms with Crippen molar-refractivity contribution in [2.24, 2.45) is 11.8 Å². The lowest BCUT2D eigenvalue weighted by atomic mass is 9.82. The van der Waals surface area contributed by atoms with Crippen LogP contribution in [0.3, 0.4) is 0 Å². The molecule has 1 saturated heterocycles. The molecule has 3 rings (SSSR count). The molecule has 2 heteroatoms. The van der Waals surface area contributed by atoms with Crippen LogP contribution in [0.4, 0.5) is 0 Å². The summed E-state index contributed by atoms with van der Waals surface area (Å²) in [5, 5.41) is 0. The van der Waals surface area contributed by atoms with Crippen LogP contribution >= 0.6 is 0 Å². The van der Waals surface area contributed by atoms with Gasteiger partial charge in [-0.2, -0.15) is 0 Å². The fourth-order valence-electron chi connectivity index (χ4n) is 4.45. The highest BCUT2D eigenvalue weighted by Gasteiger charge is 2.25. The zero-order chi connectivity index (χ0) is 20.8. The largest absolute Gasteiger partial charge is 0.465 e. The molecule has 1 fully saturated rings. The fourth-order valence-corrected chi connectivity index (χ4v) is 4.45. The smallest absolute Gasteiger partial charge is 0.200 e. The topological polar surface area (TPSA) is 18.5 Å². The van der Waals surface area contributed by atoms with Crippen molar-refractivity contribution in [1.82, 2.24) is 0 Å². The van der Waals surface area contributed by atoms with E-state index in [0.29, 0.717) is 17.8 Å². The normalized spacial score (nSPS) is 20.8. The Labute approximate surface area is 177 Å². The van der Waals surface area contributed by atoms with Gasteiger partial charge >= 0.3 is 0 Å². The van der Waals surface area contributed by atoms with Crippen molar-refractivity contribution < 1.29 is 9.47 Å². The summed E-state index contributed by atoms with van der Waals surface area (Å²) in [4.78, 5) is 0. The molecule has 3 unspecified atom stereocenters. The summed E-state index contributed by atoms with van der Waals surface area (Å²) in [6, 6.07) is 17.4. The van der Waals surface area contributed by atoms with E-state index in [1.165, 1.54) is 23.1 Å². The molecular weight excluding hydrogens is 356 g/mol. The summed E-state index contributed by atoms with van der Waals surface area (Å²) in [5.74, 6) is 2.91. The lowest BCUT2D eigenvalue weighted by molar-refractivity contribution is -0.146. The van der Waals surface area contributed by atoms with Crippen LogP contribution in [0.15, 0.2) is 48.5 Å². The Hall–Kier alpha value is -1.80. The quantitative estimate of drug-likeness (QED) is 0.468. The van der Waals surface area contributed by atoms with Crippen LogP contribution in [-0.2, 0) is 11.2 Å². The van der Waals surface area contributed by atoms with Gasteiger partial charge in [0.2, 0.25) is 0 Å². The maximum absolute atomic E-state index is 6.31. The average molecular weight is 395 g/mol. The third kappa shape index (κ3) is 6.34. The lowest BCUT2D eigenvalue weighted by Crippen LogP contribution is -2.33. The summed E-state index contributed by atoms with van der Waals surface area (Å²) in [6.45, 7) is 11.4. The maximum atomic E-state index is 6.31. The van der Waals surface area contributed by atoms with Gasteiger partial charge < -0.3 is 9.47 Å². The molecule has 2 nitrogen and oxygen atoms in total. The van der Waals surface area contributed by atoms with E-state index in [-0.39, 0.29) is 12.4 Å². The lowest BCUT2D eigenvalue weighted by Gasteiger charge is -2.31. The van der Waals surface area contributed by atoms with E-state index in [0.717, 1.165) is 31.4 Å². The monoisotopic (exact) mass is 394 g/mol. The highest BCUT2D eigenvalue weighted by atomic mass is 16.7. The van der Waals surface area contributed by atoms with Gasteiger partial charge in [0.1, 0.15) is 5.75 Å². The molecule has 0 aromatic heterocycles. The minimum Gasteiger partial charge on any atom is -0.465 e. The van der Waals surface area contributed by atoms with Gasteiger partial charge in [-0.15, -0.1) is 0 Å². The Balaban J connectivity index is 1.63. The SMILES string of the molecule is Cc1cc(C(CC(C)C)C(C)C)ccc1OC1CCCC(Cc2ccccc2)O1. The predicted octanol–water partition coefficient (Wildman–Crippen LogP) is 7.30. The molecular formula is C27H38O2. The van der Waals surface area contributed by atoms with Gasteiger partial charge in [-0.1, -0.05) is 70.2 Å². The van der Waals surface area contributed by atoms with E-state index in [1.54, 1.807) is 0 Å². The standard InChI is InChI=1S/C27H38O2/c1-19(2)16-25(20(3)4)23-14-15-26(21(5)17-23)29-27-13-9-12-24(28-27)18-22-10-7-6-8-11-22/h6-8,10-11,14-15,17,19-20,24-25,27H,9,12-13,16,18H2,1-5H3. The van der Waals surface area contributed by atoms with Gasteiger partial charge in [0.15, 0.2) is 6.29 Å². The summed E-state index contributed by atoms with van der Waals surface area (Å²) >= 11 is 0. The number of ether oxygens (including phenoxy) is 2. The molecule has 0 aliphatic carbocycles. The number of hydrogen-bond acceptors (Lipinski definition) is 2. The number of hydrogen-bond donors (Lipinski definition) is 0. The zero-order valence-electron chi connectivity index (χ0n) is 18.9. The van der Waals surface area contributed by atoms with Crippen LogP contribution in [0.25, 0.3) is 0 Å². The van der Waals surface area contributed by atoms with Crippen molar-refractivity contribution in [3.63, 3.8) is 0 Å². The molecule has 0 N–H and O–H groups in total. The second kappa shape index (κ2) is 10.3. The van der Waals surface area contributed by atoms with E-state index < -0.39 is 0 Å². The van der Waals surface area contributed by atoms with E-state index in [4.69, 9.17) is 9.47 Å². The zero-order valence-corrected chi connectivity index (χ0v) is 18.9. The molecule has 2 aromatic rings. The van der Waals surface area contributed by atoms with Crippen LogP contribution < -0.4 is 4.74 Å². The first kappa shape index (κ1) is 21.9. The predicted molar refractivity (Wildman–Crippen MR) is 121 cm³/mol. The van der Waals surface area contributed by atoms with Crippen molar-refractivity contribution in [2.45, 2.75) is 85.0 Å². The fraction of sp³-hybridized carbons (Fsp3) is 0.556. The van der Waals surface area contributed by atoms with Gasteiger partial charge in [-0.3, -0.25) is 0 Å². The first-order chi connectivity index (χ1) is 13.9. The molecule has 1 heterocycles. The summed E-state index contributed by atoms with van der Waals surface area (Å²) in [5.41, 5.74) is 3.99. The molecule has 0 spiro atoms. The number of benzene rings is 2. The summed E-state index contributed by atoms with van der Waals surface area (Å²) in [7, 11) is 0. The van der Waals surface area contributed by atoms with Crippen LogP contribution in [0.5, 0.6) is 5.75 Å². The Morgan fingerprint density at radius 3 is 2.41 bits per heavy atom. The first-order valence-electron chi connectivity index (χ1n) is 11.4. The highest BCUT2D eigenvalue weighted by Crippen LogP contribution is 2.34. The van der Waals surface area contributed by atoms with Crippen molar-refractivity contribution in [2.75, 3.05) is 0 Å². The average Bonchev–Trinajstić information content (AvgIpc) is 2.68. The Bertz CT molecular complexity index is 750. The molecule has 1 aliphatic rings. The van der Waals surface area contributed by atoms with Gasteiger partial charge in [0.25, 0.3) is 0 Å². The van der Waals surface area contributed by atoms with Gasteiger partial charge in [0, 0.05) is 6.42 Å². The third-order valence-electron chi connectivity index (χ3n) is 6.03. The van der Waals surface area contributed by atoms with E-state index in [9.17, 15) is 0 Å². The summed E-state index contributed by atoms with van der Waals surface area (Å²) in [6.07, 6.45) is 5.52. The van der Waals surface area contributed by atoms with Crippen LogP contribution in [0.2, 0.25) is 0 Å². The van der Waals surface area contributed by atoms with Crippen LogP contribution in [0, 0.1) is 18.8 Å². The maximum Gasteiger partial charge on any atom is 0.200 e. The number of aryl methyl sites for hydroxylation is 1. The van der Waals surface area contributed by atoms with Crippen LogP contribution in [0.1, 0.15) is 76.0 Å². The minimum atomic E-state index is -0.140. The van der Waals surface area contributed by atoms with Gasteiger partial charge in [0.05, 0.1) is 6.10 Å².